The minimum atomic E-state index is -0.833. The van der Waals surface area contributed by atoms with Crippen LogP contribution in [-0.2, 0) is 27.4 Å². The summed E-state index contributed by atoms with van der Waals surface area (Å²) in [4.78, 5) is 32.9. The first-order chi connectivity index (χ1) is 19.3. The van der Waals surface area contributed by atoms with Gasteiger partial charge in [0.2, 0.25) is 0 Å². The van der Waals surface area contributed by atoms with E-state index in [1.807, 2.05) is 36.4 Å². The number of fused-ring (bicyclic) bond motifs is 2. The van der Waals surface area contributed by atoms with Crippen molar-refractivity contribution in [1.82, 2.24) is 30.0 Å². The molecule has 14 heteroatoms. The van der Waals surface area contributed by atoms with Gasteiger partial charge in [-0.3, -0.25) is 15.2 Å². The van der Waals surface area contributed by atoms with E-state index in [1.165, 1.54) is 7.11 Å². The van der Waals surface area contributed by atoms with Crippen LogP contribution in [0.1, 0.15) is 41.0 Å². The van der Waals surface area contributed by atoms with Gasteiger partial charge in [-0.2, -0.15) is 0 Å². The Balaban J connectivity index is 0.000000758. The number of anilines is 1. The Morgan fingerprint density at radius 3 is 2.75 bits per heavy atom. The summed E-state index contributed by atoms with van der Waals surface area (Å²) in [5.41, 5.74) is 3.91. The molecule has 2 aliphatic heterocycles. The maximum absolute atomic E-state index is 12.8. The van der Waals surface area contributed by atoms with E-state index in [-0.39, 0.29) is 5.95 Å². The number of aromatic amines is 1. The summed E-state index contributed by atoms with van der Waals surface area (Å²) in [5.74, 6) is 0.785. The van der Waals surface area contributed by atoms with Gasteiger partial charge in [0.05, 0.1) is 6.61 Å². The normalized spacial score (nSPS) is 15.9. The zero-order chi connectivity index (χ0) is 28.2. The molecule has 0 amide bonds. The van der Waals surface area contributed by atoms with Crippen LogP contribution in [0.2, 0.25) is 0 Å². The lowest BCUT2D eigenvalue weighted by Crippen LogP contribution is -2.27. The fourth-order valence-corrected chi connectivity index (χ4v) is 4.25. The largest absolute Gasteiger partial charge is 0.481 e. The molecule has 5 N–H and O–H groups in total. The molecule has 0 aliphatic carbocycles. The molecular formula is C26H26N8O6. The number of methoxy groups -OCH3 is 1. The molecule has 4 heterocycles. The molecule has 2 aromatic heterocycles. The van der Waals surface area contributed by atoms with Crippen molar-refractivity contribution in [1.29, 1.82) is 5.41 Å². The second-order valence-corrected chi connectivity index (χ2v) is 8.79. The Morgan fingerprint density at radius 1 is 1.23 bits per heavy atom. The van der Waals surface area contributed by atoms with Crippen LogP contribution in [-0.4, -0.2) is 55.2 Å². The lowest BCUT2D eigenvalue weighted by molar-refractivity contribution is -0.250. The Hall–Kier alpha value is -5.08. The standard InChI is InChI=1S/C24H22N8O4.C2H4O2/c1-34-24-35-12-15-9-13(3-6-18(15)36-24)19(29-16-4-5-17-14(10-16)11-28-20(17)25)21-30-23(33)32(31-21)22-26-7-2-8-27-22;1-2(3)4/h2-10,19,24,29H,11-12H2,1H3,(H2,25,28)(H,30,31,33);1H3,(H,3,4)/t19-,24-;/m0./s1. The molecule has 40 heavy (non-hydrogen) atoms. The number of rotatable bonds is 6. The third-order valence-corrected chi connectivity index (χ3v) is 6.00. The first-order valence-electron chi connectivity index (χ1n) is 12.1. The predicted molar refractivity (Wildman–Crippen MR) is 141 cm³/mol. The van der Waals surface area contributed by atoms with Crippen molar-refractivity contribution in [2.75, 3.05) is 12.4 Å². The van der Waals surface area contributed by atoms with Crippen LogP contribution in [0.4, 0.5) is 5.69 Å². The van der Waals surface area contributed by atoms with Crippen molar-refractivity contribution in [2.24, 2.45) is 0 Å². The Bertz CT molecular complexity index is 1600. The number of H-pyrrole nitrogens is 1. The number of amidine groups is 1. The van der Waals surface area contributed by atoms with Gasteiger partial charge in [0.25, 0.3) is 11.9 Å². The molecule has 206 valence electrons. The van der Waals surface area contributed by atoms with Crippen molar-refractivity contribution >= 4 is 17.5 Å². The summed E-state index contributed by atoms with van der Waals surface area (Å²) in [6, 6.07) is 12.6. The zero-order valence-electron chi connectivity index (χ0n) is 21.5. The van der Waals surface area contributed by atoms with E-state index >= 15 is 0 Å². The third kappa shape index (κ3) is 5.67. The first kappa shape index (κ1) is 26.5. The van der Waals surface area contributed by atoms with Gasteiger partial charge in [0.1, 0.15) is 17.6 Å². The lowest BCUT2D eigenvalue weighted by atomic mass is 10.0. The number of hydrogen-bond donors (Lipinski definition) is 5. The molecule has 0 saturated carbocycles. The second-order valence-electron chi connectivity index (χ2n) is 8.79. The van der Waals surface area contributed by atoms with Gasteiger partial charge in [-0.05, 0) is 47.5 Å². The van der Waals surface area contributed by atoms with E-state index in [4.69, 9.17) is 29.5 Å². The van der Waals surface area contributed by atoms with Gasteiger partial charge in [0.15, 0.2) is 5.82 Å². The maximum atomic E-state index is 12.8. The smallest absolute Gasteiger partial charge is 0.350 e. The number of ether oxygens (including phenoxy) is 3. The number of aromatic nitrogens is 5. The lowest BCUT2D eigenvalue weighted by Gasteiger charge is -2.26. The fourth-order valence-electron chi connectivity index (χ4n) is 4.25. The molecule has 0 radical (unpaired) electrons. The van der Waals surface area contributed by atoms with Crippen molar-refractivity contribution in [3.05, 3.63) is 93.4 Å². The molecule has 0 bridgehead atoms. The molecule has 0 unspecified atom stereocenters. The van der Waals surface area contributed by atoms with Crippen LogP contribution in [0.5, 0.6) is 5.75 Å². The maximum Gasteiger partial charge on any atom is 0.350 e. The Kier molecular flexibility index (Phi) is 7.52. The molecule has 0 spiro atoms. The monoisotopic (exact) mass is 546 g/mol. The van der Waals surface area contributed by atoms with Gasteiger partial charge in [-0.1, -0.05) is 6.07 Å². The number of carboxylic acid groups (broad SMARTS) is 1. The Morgan fingerprint density at radius 2 is 2.00 bits per heavy atom. The van der Waals surface area contributed by atoms with E-state index in [1.54, 1.807) is 18.5 Å². The van der Waals surface area contributed by atoms with Gasteiger partial charge < -0.3 is 30.0 Å². The van der Waals surface area contributed by atoms with E-state index < -0.39 is 24.2 Å². The molecule has 2 aromatic carbocycles. The molecule has 6 rings (SSSR count). The quantitative estimate of drug-likeness (QED) is 0.237. The van der Waals surface area contributed by atoms with E-state index in [2.05, 4.69) is 30.7 Å². The van der Waals surface area contributed by atoms with Crippen molar-refractivity contribution in [3.63, 3.8) is 0 Å². The van der Waals surface area contributed by atoms with Gasteiger partial charge in [0, 0.05) is 49.8 Å². The number of hydrogen-bond acceptors (Lipinski definition) is 10. The first-order valence-corrected chi connectivity index (χ1v) is 12.1. The number of carboxylic acids is 1. The number of carbonyl (C=O) groups is 1. The van der Waals surface area contributed by atoms with Gasteiger partial charge in [-0.15, -0.1) is 9.78 Å². The molecule has 2 atom stereocenters. The van der Waals surface area contributed by atoms with Crippen LogP contribution in [0, 0.1) is 5.41 Å². The summed E-state index contributed by atoms with van der Waals surface area (Å²) < 4.78 is 17.5. The zero-order valence-corrected chi connectivity index (χ0v) is 21.5. The second kappa shape index (κ2) is 11.3. The minimum Gasteiger partial charge on any atom is -0.481 e. The van der Waals surface area contributed by atoms with E-state index in [9.17, 15) is 4.79 Å². The van der Waals surface area contributed by atoms with E-state index in [0.29, 0.717) is 30.6 Å². The summed E-state index contributed by atoms with van der Waals surface area (Å²) in [5, 5.41) is 26.5. The van der Waals surface area contributed by atoms with Crippen molar-refractivity contribution in [2.45, 2.75) is 32.6 Å². The molecule has 14 nitrogen and oxygen atoms in total. The van der Waals surface area contributed by atoms with Crippen LogP contribution >= 0.6 is 0 Å². The minimum absolute atomic E-state index is 0.170. The van der Waals surface area contributed by atoms with E-state index in [0.717, 1.165) is 39.5 Å². The van der Waals surface area contributed by atoms with Gasteiger partial charge >= 0.3 is 12.2 Å². The topological polar surface area (TPSA) is 189 Å². The average Bonchev–Trinajstić information content (AvgIpc) is 3.53. The molecule has 4 aromatic rings. The number of nitrogens with one attached hydrogen (secondary N) is 4. The predicted octanol–water partition coefficient (Wildman–Crippen LogP) is 1.91. The third-order valence-electron chi connectivity index (χ3n) is 6.00. The number of benzene rings is 2. The fraction of sp³-hybridized carbons (Fsp3) is 0.231. The van der Waals surface area contributed by atoms with Crippen LogP contribution in [0.3, 0.4) is 0 Å². The Labute approximate surface area is 227 Å². The summed E-state index contributed by atoms with van der Waals surface area (Å²) in [7, 11) is 1.51. The summed E-state index contributed by atoms with van der Waals surface area (Å²) in [6.07, 6.45) is 3.09. The highest BCUT2D eigenvalue weighted by Crippen LogP contribution is 2.32. The number of aliphatic carboxylic acids is 1. The summed E-state index contributed by atoms with van der Waals surface area (Å²) >= 11 is 0. The highest BCUT2D eigenvalue weighted by atomic mass is 16.8. The highest BCUT2D eigenvalue weighted by Gasteiger charge is 2.26. The highest BCUT2D eigenvalue weighted by molar-refractivity contribution is 6.00. The molecular weight excluding hydrogens is 520 g/mol. The van der Waals surface area contributed by atoms with Crippen LogP contribution < -0.4 is 21.1 Å². The molecule has 0 saturated heterocycles. The summed E-state index contributed by atoms with van der Waals surface area (Å²) in [6.45, 7) is 1.22. The van der Waals surface area contributed by atoms with Crippen LogP contribution in [0.15, 0.2) is 59.7 Å². The van der Waals surface area contributed by atoms with Crippen molar-refractivity contribution < 1.29 is 24.1 Å². The number of nitrogens with zero attached hydrogens (tertiary/aromatic N) is 4. The SMILES string of the molecule is CC(=O)O.CO[C@H]1OCc2cc([C@H](Nc3ccc4c(c3)CNC4=N)c3nn(-c4ncccn4)c(=O)[nH]3)ccc2O1. The van der Waals surface area contributed by atoms with Crippen molar-refractivity contribution in [3.8, 4) is 11.7 Å². The van der Waals surface area contributed by atoms with Crippen LogP contribution in [0.25, 0.3) is 5.95 Å². The molecule has 2 aliphatic rings. The average molecular weight is 547 g/mol. The molecule has 0 fully saturated rings. The van der Waals surface area contributed by atoms with Gasteiger partial charge in [-0.25, -0.2) is 14.8 Å².